The number of rotatable bonds is 3. The van der Waals surface area contributed by atoms with E-state index in [1.54, 1.807) is 6.92 Å². The molecule has 0 aliphatic rings. The molecule has 0 atom stereocenters. The number of hydrogen-bond acceptors (Lipinski definition) is 2. The second-order valence-corrected chi connectivity index (χ2v) is 4.16. The monoisotopic (exact) mass is 218 g/mol. The Morgan fingerprint density at radius 3 is 2.57 bits per heavy atom. The highest BCUT2D eigenvalue weighted by Gasteiger charge is 2.15. The number of nitrogens with two attached hydrogens (primary N) is 1. The van der Waals surface area contributed by atoms with E-state index in [1.165, 1.54) is 18.2 Å². The van der Waals surface area contributed by atoms with Crippen molar-refractivity contribution in [1.29, 1.82) is 0 Å². The Balaban J connectivity index is 3.14. The van der Waals surface area contributed by atoms with Crippen molar-refractivity contribution in [2.24, 2.45) is 5.14 Å². The smallest absolute Gasteiger partial charge is 0.258 e. The Labute approximate surface area is 82.3 Å². The van der Waals surface area contributed by atoms with E-state index in [9.17, 15) is 12.8 Å². The minimum atomic E-state index is -3.82. The van der Waals surface area contributed by atoms with E-state index < -0.39 is 16.0 Å². The van der Waals surface area contributed by atoms with Crippen LogP contribution in [0.3, 0.4) is 0 Å². The second kappa shape index (κ2) is 3.93. The van der Waals surface area contributed by atoms with Crippen molar-refractivity contribution in [3.63, 3.8) is 0 Å². The first kappa shape index (κ1) is 10.9. The number of nitrogens with zero attached hydrogens (tertiary/aromatic N) is 1. The lowest BCUT2D eigenvalue weighted by molar-refractivity contribution is 0.593. The zero-order valence-electron chi connectivity index (χ0n) is 7.64. The van der Waals surface area contributed by atoms with Gasteiger partial charge in [-0.25, -0.2) is 9.53 Å². The lowest BCUT2D eigenvalue weighted by Crippen LogP contribution is -2.36. The van der Waals surface area contributed by atoms with E-state index in [1.807, 2.05) is 0 Å². The number of benzene rings is 1. The summed E-state index contributed by atoms with van der Waals surface area (Å²) in [5.74, 6) is -0.496. The molecule has 0 unspecified atom stereocenters. The first-order valence-electron chi connectivity index (χ1n) is 4.01. The molecule has 0 amide bonds. The summed E-state index contributed by atoms with van der Waals surface area (Å²) >= 11 is 0. The molecule has 0 bridgehead atoms. The van der Waals surface area contributed by atoms with Crippen molar-refractivity contribution in [2.45, 2.75) is 6.92 Å². The molecule has 6 heteroatoms. The highest BCUT2D eigenvalue weighted by atomic mass is 32.2. The minimum absolute atomic E-state index is 0.169. The summed E-state index contributed by atoms with van der Waals surface area (Å²) in [6.07, 6.45) is 0. The Kier molecular flexibility index (Phi) is 3.07. The summed E-state index contributed by atoms with van der Waals surface area (Å²) < 4.78 is 35.8. The van der Waals surface area contributed by atoms with Crippen molar-refractivity contribution in [3.05, 3.63) is 30.1 Å². The van der Waals surface area contributed by atoms with E-state index in [4.69, 9.17) is 5.14 Å². The topological polar surface area (TPSA) is 63.4 Å². The van der Waals surface area contributed by atoms with Gasteiger partial charge in [0.25, 0.3) is 10.2 Å². The van der Waals surface area contributed by atoms with E-state index in [0.29, 0.717) is 0 Å². The van der Waals surface area contributed by atoms with Gasteiger partial charge in [0, 0.05) is 6.54 Å². The molecular weight excluding hydrogens is 207 g/mol. The zero-order chi connectivity index (χ0) is 10.8. The van der Waals surface area contributed by atoms with Crippen LogP contribution in [0.15, 0.2) is 24.3 Å². The Bertz CT molecular complexity index is 419. The van der Waals surface area contributed by atoms with Crippen molar-refractivity contribution < 1.29 is 12.8 Å². The van der Waals surface area contributed by atoms with Crippen LogP contribution in [-0.2, 0) is 10.2 Å². The maximum absolute atomic E-state index is 12.8. The maximum atomic E-state index is 12.8. The Morgan fingerprint density at radius 2 is 2.14 bits per heavy atom. The van der Waals surface area contributed by atoms with Crippen LogP contribution in [0.5, 0.6) is 0 Å². The first-order chi connectivity index (χ1) is 6.45. The van der Waals surface area contributed by atoms with Crippen LogP contribution in [-0.4, -0.2) is 15.0 Å². The summed E-state index contributed by atoms with van der Waals surface area (Å²) in [6.45, 7) is 1.79. The molecule has 0 aromatic heterocycles. The standard InChI is InChI=1S/C8H11FN2O2S/c1-2-11(14(10,12)13)8-5-3-4-7(9)6-8/h3-6H,2H2,1H3,(H2,10,12,13). The van der Waals surface area contributed by atoms with Crippen LogP contribution < -0.4 is 9.44 Å². The van der Waals surface area contributed by atoms with Gasteiger partial charge in [-0.3, -0.25) is 4.31 Å². The average Bonchev–Trinajstić information content (AvgIpc) is 2.02. The summed E-state index contributed by atoms with van der Waals surface area (Å²) in [5.41, 5.74) is 0.231. The predicted molar refractivity (Wildman–Crippen MR) is 52.5 cm³/mol. The normalized spacial score (nSPS) is 11.4. The molecule has 1 rings (SSSR count). The third kappa shape index (κ3) is 2.43. The van der Waals surface area contributed by atoms with Gasteiger partial charge in [0.1, 0.15) is 5.82 Å². The maximum Gasteiger partial charge on any atom is 0.298 e. The highest BCUT2D eigenvalue weighted by molar-refractivity contribution is 7.90. The molecule has 0 spiro atoms. The lowest BCUT2D eigenvalue weighted by atomic mass is 10.3. The third-order valence-electron chi connectivity index (χ3n) is 1.69. The van der Waals surface area contributed by atoms with Crippen LogP contribution in [0.1, 0.15) is 6.92 Å². The molecule has 4 nitrogen and oxygen atoms in total. The second-order valence-electron chi connectivity index (χ2n) is 2.69. The van der Waals surface area contributed by atoms with Crippen molar-refractivity contribution >= 4 is 15.9 Å². The number of anilines is 1. The van der Waals surface area contributed by atoms with E-state index in [-0.39, 0.29) is 12.2 Å². The van der Waals surface area contributed by atoms with Crippen molar-refractivity contribution in [3.8, 4) is 0 Å². The minimum Gasteiger partial charge on any atom is -0.258 e. The molecule has 0 fully saturated rings. The van der Waals surface area contributed by atoms with E-state index >= 15 is 0 Å². The quantitative estimate of drug-likeness (QED) is 0.817. The number of halogens is 1. The molecule has 0 saturated heterocycles. The SMILES string of the molecule is CCN(c1cccc(F)c1)S(N)(=O)=O. The van der Waals surface area contributed by atoms with Gasteiger partial charge in [0.15, 0.2) is 0 Å². The Hall–Kier alpha value is -1.14. The fourth-order valence-electron chi connectivity index (χ4n) is 1.14. The highest BCUT2D eigenvalue weighted by Crippen LogP contribution is 2.16. The lowest BCUT2D eigenvalue weighted by Gasteiger charge is -2.19. The molecule has 78 valence electrons. The molecule has 0 heterocycles. The predicted octanol–water partition coefficient (Wildman–Crippen LogP) is 0.855. The van der Waals surface area contributed by atoms with Gasteiger partial charge >= 0.3 is 0 Å². The molecule has 1 aromatic carbocycles. The van der Waals surface area contributed by atoms with Gasteiger partial charge in [0.2, 0.25) is 0 Å². The summed E-state index contributed by atoms with van der Waals surface area (Å²) in [4.78, 5) is 0. The van der Waals surface area contributed by atoms with Gasteiger partial charge in [-0.2, -0.15) is 8.42 Å². The summed E-state index contributed by atoms with van der Waals surface area (Å²) in [5, 5.41) is 4.95. The Morgan fingerprint density at radius 1 is 1.50 bits per heavy atom. The summed E-state index contributed by atoms with van der Waals surface area (Å²) in [7, 11) is -3.82. The molecular formula is C8H11FN2O2S. The molecule has 0 aliphatic carbocycles. The molecule has 2 N–H and O–H groups in total. The van der Waals surface area contributed by atoms with Crippen molar-refractivity contribution in [1.82, 2.24) is 0 Å². The van der Waals surface area contributed by atoms with E-state index in [0.717, 1.165) is 10.4 Å². The van der Waals surface area contributed by atoms with Crippen LogP contribution in [0.4, 0.5) is 10.1 Å². The van der Waals surface area contributed by atoms with Gasteiger partial charge in [0.05, 0.1) is 5.69 Å². The van der Waals surface area contributed by atoms with E-state index in [2.05, 4.69) is 0 Å². The summed E-state index contributed by atoms with van der Waals surface area (Å²) in [6, 6.07) is 5.27. The van der Waals surface area contributed by atoms with Crippen LogP contribution >= 0.6 is 0 Å². The average molecular weight is 218 g/mol. The molecule has 1 aromatic rings. The fraction of sp³-hybridized carbons (Fsp3) is 0.250. The number of hydrogen-bond donors (Lipinski definition) is 1. The molecule has 0 radical (unpaired) electrons. The van der Waals surface area contributed by atoms with Gasteiger partial charge in [-0.1, -0.05) is 6.07 Å². The first-order valence-corrected chi connectivity index (χ1v) is 5.51. The van der Waals surface area contributed by atoms with Gasteiger partial charge in [-0.15, -0.1) is 0 Å². The third-order valence-corrected chi connectivity index (χ3v) is 2.77. The fourth-order valence-corrected chi connectivity index (χ4v) is 1.91. The van der Waals surface area contributed by atoms with Gasteiger partial charge < -0.3 is 0 Å². The van der Waals surface area contributed by atoms with Crippen LogP contribution in [0.2, 0.25) is 0 Å². The van der Waals surface area contributed by atoms with Crippen molar-refractivity contribution in [2.75, 3.05) is 10.8 Å². The van der Waals surface area contributed by atoms with Gasteiger partial charge in [-0.05, 0) is 25.1 Å². The van der Waals surface area contributed by atoms with Crippen LogP contribution in [0, 0.1) is 5.82 Å². The molecule has 14 heavy (non-hydrogen) atoms. The molecule has 0 aliphatic heterocycles. The van der Waals surface area contributed by atoms with Crippen LogP contribution in [0.25, 0.3) is 0 Å². The zero-order valence-corrected chi connectivity index (χ0v) is 8.46. The molecule has 0 saturated carbocycles. The largest absolute Gasteiger partial charge is 0.298 e.